The number of ether oxygens (including phenoxy) is 1. The molecule has 38 heavy (non-hydrogen) atoms. The van der Waals surface area contributed by atoms with Gasteiger partial charge in [-0.25, -0.2) is 4.39 Å². The minimum atomic E-state index is -4.61. The Morgan fingerprint density at radius 2 is 1.97 bits per heavy atom. The summed E-state index contributed by atoms with van der Waals surface area (Å²) in [7, 11) is 1.42. The number of halogens is 4. The molecule has 1 aliphatic carbocycles. The van der Waals surface area contributed by atoms with Crippen molar-refractivity contribution in [3.8, 4) is 11.3 Å². The van der Waals surface area contributed by atoms with Crippen LogP contribution in [0.3, 0.4) is 0 Å². The van der Waals surface area contributed by atoms with Crippen LogP contribution in [0.25, 0.3) is 11.3 Å². The van der Waals surface area contributed by atoms with Crippen molar-refractivity contribution in [2.75, 3.05) is 13.2 Å². The maximum Gasteiger partial charge on any atom is 0.435 e. The van der Waals surface area contributed by atoms with E-state index in [1.807, 2.05) is 0 Å². The minimum absolute atomic E-state index is 0.00164. The molecule has 0 bridgehead atoms. The number of benzene rings is 2. The first-order chi connectivity index (χ1) is 18.0. The molecule has 1 atom stereocenters. The summed E-state index contributed by atoms with van der Waals surface area (Å²) in [5, 5.41) is 14.6. The molecule has 1 aliphatic heterocycles. The molecule has 1 saturated heterocycles. The Bertz CT molecular complexity index is 1400. The Morgan fingerprint density at radius 3 is 2.58 bits per heavy atom. The fourth-order valence-corrected chi connectivity index (χ4v) is 4.74. The van der Waals surface area contributed by atoms with Crippen molar-refractivity contribution in [1.29, 1.82) is 5.41 Å². The van der Waals surface area contributed by atoms with Crippen molar-refractivity contribution >= 4 is 11.9 Å². The van der Waals surface area contributed by atoms with Crippen LogP contribution in [0, 0.1) is 24.1 Å². The highest BCUT2D eigenvalue weighted by Gasteiger charge is 2.36. The average molecular weight is 530 g/mol. The molecule has 200 valence electrons. The van der Waals surface area contributed by atoms with Crippen molar-refractivity contribution in [2.24, 2.45) is 13.0 Å². The number of aromatic nitrogens is 2. The van der Waals surface area contributed by atoms with Gasteiger partial charge in [0.25, 0.3) is 11.9 Å². The van der Waals surface area contributed by atoms with Crippen LogP contribution >= 0.6 is 0 Å². The lowest BCUT2D eigenvalue weighted by Crippen LogP contribution is -2.30. The Balaban J connectivity index is 1.50. The van der Waals surface area contributed by atoms with Crippen LogP contribution < -0.4 is 5.32 Å². The van der Waals surface area contributed by atoms with Crippen LogP contribution in [0.5, 0.6) is 0 Å². The lowest BCUT2D eigenvalue weighted by Gasteiger charge is -2.21. The Hall–Kier alpha value is -3.89. The van der Waals surface area contributed by atoms with Gasteiger partial charge in [-0.1, -0.05) is 12.1 Å². The second-order valence-corrected chi connectivity index (χ2v) is 9.83. The zero-order valence-electron chi connectivity index (χ0n) is 20.9. The second kappa shape index (κ2) is 9.77. The van der Waals surface area contributed by atoms with Gasteiger partial charge in [0.15, 0.2) is 5.69 Å². The first-order valence-electron chi connectivity index (χ1n) is 12.3. The predicted molar refractivity (Wildman–Crippen MR) is 132 cm³/mol. The lowest BCUT2D eigenvalue weighted by molar-refractivity contribution is -0.141. The molecule has 0 unspecified atom stereocenters. The number of carbonyl (C=O) groups excluding carboxylic acids is 1. The third-order valence-electron chi connectivity index (χ3n) is 6.90. The number of nitrogens with zero attached hydrogens (tertiary/aromatic N) is 3. The highest BCUT2D eigenvalue weighted by molar-refractivity contribution is 5.96. The monoisotopic (exact) mass is 529 g/mol. The van der Waals surface area contributed by atoms with Crippen LogP contribution in [0.1, 0.15) is 51.6 Å². The molecule has 7 nitrogen and oxygen atoms in total. The van der Waals surface area contributed by atoms with Crippen molar-refractivity contribution in [3.05, 3.63) is 76.2 Å². The molecular formula is C27H27F4N5O2. The standard InChI is InChI=1S/C27H27F4N5O2/c1-15-9-18(5-6-21(15)28)24(17-3-4-17)33-25(37)20-11-16(14-36-7-8-38-26(36)32)10-19(12-20)22-13-23(27(29,30)31)34-35(22)2/h5-6,9-13,17,24,32H,3-4,7-8,14H2,1-2H3,(H,33,37)/t24-/m0/s1. The molecule has 0 radical (unpaired) electrons. The largest absolute Gasteiger partial charge is 0.463 e. The summed E-state index contributed by atoms with van der Waals surface area (Å²) in [5.74, 6) is -0.490. The molecule has 2 fully saturated rings. The summed E-state index contributed by atoms with van der Waals surface area (Å²) in [4.78, 5) is 15.2. The number of aryl methyl sites for hydroxylation is 2. The molecule has 1 aromatic heterocycles. The van der Waals surface area contributed by atoms with Crippen LogP contribution in [-0.4, -0.2) is 39.8 Å². The zero-order valence-corrected chi connectivity index (χ0v) is 20.9. The molecule has 0 spiro atoms. The SMILES string of the molecule is Cc1cc([C@@H](NC(=O)c2cc(CN3CCOC3=N)cc(-c3cc(C(F)(F)F)nn3C)c2)C2CC2)ccc1F. The van der Waals surface area contributed by atoms with E-state index in [-0.39, 0.29) is 41.6 Å². The van der Waals surface area contributed by atoms with Crippen molar-refractivity contribution in [1.82, 2.24) is 20.0 Å². The summed E-state index contributed by atoms with van der Waals surface area (Å²) in [5.41, 5.74) is 1.77. The number of hydrogen-bond acceptors (Lipinski definition) is 4. The smallest absolute Gasteiger partial charge is 0.435 e. The first kappa shape index (κ1) is 25.7. The lowest BCUT2D eigenvalue weighted by atomic mass is 9.98. The predicted octanol–water partition coefficient (Wildman–Crippen LogP) is 5.20. The van der Waals surface area contributed by atoms with Gasteiger partial charge in [-0.3, -0.25) is 14.9 Å². The van der Waals surface area contributed by atoms with Gasteiger partial charge < -0.3 is 15.0 Å². The van der Waals surface area contributed by atoms with Crippen molar-refractivity contribution in [2.45, 2.75) is 38.5 Å². The Kier molecular flexibility index (Phi) is 6.62. The number of amides is 1. The van der Waals surface area contributed by atoms with Gasteiger partial charge in [0.1, 0.15) is 12.4 Å². The van der Waals surface area contributed by atoms with Crippen LogP contribution in [0.15, 0.2) is 42.5 Å². The van der Waals surface area contributed by atoms with Gasteiger partial charge in [-0.05, 0) is 72.7 Å². The van der Waals surface area contributed by atoms with E-state index in [1.165, 1.54) is 13.1 Å². The maximum atomic E-state index is 13.9. The van der Waals surface area contributed by atoms with Crippen LogP contribution in [0.2, 0.25) is 0 Å². The molecule has 5 rings (SSSR count). The maximum absolute atomic E-state index is 13.9. The number of amidine groups is 1. The number of alkyl halides is 3. The fourth-order valence-electron chi connectivity index (χ4n) is 4.74. The first-order valence-corrected chi connectivity index (χ1v) is 12.3. The van der Waals surface area contributed by atoms with Crippen LogP contribution in [-0.2, 0) is 24.5 Å². The van der Waals surface area contributed by atoms with E-state index in [0.717, 1.165) is 29.2 Å². The zero-order chi connectivity index (χ0) is 27.2. The van der Waals surface area contributed by atoms with Crippen molar-refractivity contribution in [3.63, 3.8) is 0 Å². The number of hydrogen-bond donors (Lipinski definition) is 2. The highest BCUT2D eigenvalue weighted by Crippen LogP contribution is 2.41. The third-order valence-corrected chi connectivity index (χ3v) is 6.90. The Labute approximate surface area is 216 Å². The van der Waals surface area contributed by atoms with E-state index < -0.39 is 17.8 Å². The van der Waals surface area contributed by atoms with E-state index >= 15 is 0 Å². The second-order valence-electron chi connectivity index (χ2n) is 9.83. The summed E-state index contributed by atoms with van der Waals surface area (Å²) < 4.78 is 60.2. The van der Waals surface area contributed by atoms with Gasteiger partial charge in [-0.2, -0.15) is 18.3 Å². The van der Waals surface area contributed by atoms with Gasteiger partial charge in [-0.15, -0.1) is 0 Å². The summed E-state index contributed by atoms with van der Waals surface area (Å²) in [6, 6.07) is 10.3. The van der Waals surface area contributed by atoms with Gasteiger partial charge in [0.2, 0.25) is 0 Å². The molecule has 11 heteroatoms. The fraction of sp³-hybridized carbons (Fsp3) is 0.370. The van der Waals surface area contributed by atoms with E-state index in [0.29, 0.717) is 29.8 Å². The summed E-state index contributed by atoms with van der Waals surface area (Å²) >= 11 is 0. The molecule has 2 aliphatic rings. The summed E-state index contributed by atoms with van der Waals surface area (Å²) in [6.45, 7) is 2.77. The van der Waals surface area contributed by atoms with Gasteiger partial charge >= 0.3 is 6.18 Å². The van der Waals surface area contributed by atoms with Crippen LogP contribution in [0.4, 0.5) is 17.6 Å². The molecule has 1 amide bonds. The minimum Gasteiger partial charge on any atom is -0.463 e. The van der Waals surface area contributed by atoms with E-state index in [4.69, 9.17) is 10.1 Å². The molecule has 2 aromatic carbocycles. The number of carbonyl (C=O) groups is 1. The molecule has 1 saturated carbocycles. The normalized spacial score (nSPS) is 16.5. The average Bonchev–Trinajstić information content (AvgIpc) is 3.50. The number of rotatable bonds is 7. The molecule has 2 heterocycles. The summed E-state index contributed by atoms with van der Waals surface area (Å²) in [6.07, 6.45) is -2.75. The van der Waals surface area contributed by atoms with E-state index in [1.54, 1.807) is 42.2 Å². The number of nitrogens with one attached hydrogen (secondary N) is 2. The van der Waals surface area contributed by atoms with Crippen molar-refractivity contribution < 1.29 is 27.1 Å². The molecule has 3 aromatic rings. The van der Waals surface area contributed by atoms with E-state index in [2.05, 4.69) is 10.4 Å². The third kappa shape index (κ3) is 5.36. The molecule has 2 N–H and O–H groups in total. The van der Waals surface area contributed by atoms with Gasteiger partial charge in [0.05, 0.1) is 18.3 Å². The topological polar surface area (TPSA) is 83.2 Å². The quantitative estimate of drug-likeness (QED) is 0.412. The van der Waals surface area contributed by atoms with Gasteiger partial charge in [0, 0.05) is 24.7 Å². The molecular weight excluding hydrogens is 502 g/mol. The highest BCUT2D eigenvalue weighted by atomic mass is 19.4. The Morgan fingerprint density at radius 1 is 1.21 bits per heavy atom. The van der Waals surface area contributed by atoms with E-state index in [9.17, 15) is 22.4 Å².